The summed E-state index contributed by atoms with van der Waals surface area (Å²) in [7, 11) is 0. The van der Waals surface area contributed by atoms with Crippen molar-refractivity contribution < 1.29 is 24.3 Å². The topological polar surface area (TPSA) is 143 Å². The third-order valence-corrected chi connectivity index (χ3v) is 9.15. The molecule has 2 aromatic rings. The standard InChI is InChI=1S/C22H22N4O6S2/c23-21(31)26-18(29)15-14(11-6-2-3-7-12(11)27)17-20(33-16(15)19(26)30)25(22(32)34-17)10-13(28)24-8-4-1-5-9-24/h2-3,6-7,14-16,27H,1,4-5,8-10H2,(H2,23,31)/t14-,15?,16?/m0/s1. The largest absolute Gasteiger partial charge is 0.508 e. The molecule has 34 heavy (non-hydrogen) atoms. The van der Waals surface area contributed by atoms with E-state index in [0.717, 1.165) is 42.4 Å². The molecule has 10 nitrogen and oxygen atoms in total. The van der Waals surface area contributed by atoms with Crippen LogP contribution in [-0.4, -0.2) is 61.6 Å². The van der Waals surface area contributed by atoms with Crippen molar-refractivity contribution in [3.63, 3.8) is 0 Å². The summed E-state index contributed by atoms with van der Waals surface area (Å²) in [5, 5.41) is 9.97. The van der Waals surface area contributed by atoms with Crippen LogP contribution in [0.15, 0.2) is 34.1 Å². The molecule has 4 heterocycles. The monoisotopic (exact) mass is 502 g/mol. The second-order valence-electron chi connectivity index (χ2n) is 8.52. The van der Waals surface area contributed by atoms with Crippen LogP contribution in [0, 0.1) is 5.92 Å². The molecule has 0 bridgehead atoms. The molecule has 12 heteroatoms. The first kappa shape index (κ1) is 22.7. The van der Waals surface area contributed by atoms with Gasteiger partial charge in [-0.2, -0.15) is 4.90 Å². The molecule has 3 aliphatic rings. The van der Waals surface area contributed by atoms with Gasteiger partial charge in [-0.3, -0.25) is 23.7 Å². The van der Waals surface area contributed by atoms with Crippen molar-refractivity contribution in [1.82, 2.24) is 14.4 Å². The molecule has 5 rings (SSSR count). The number of carbonyl (C=O) groups excluding carboxylic acids is 4. The van der Waals surface area contributed by atoms with Crippen molar-refractivity contribution in [2.75, 3.05) is 13.1 Å². The van der Waals surface area contributed by atoms with E-state index in [2.05, 4.69) is 0 Å². The van der Waals surface area contributed by atoms with Gasteiger partial charge in [-0.25, -0.2) is 4.79 Å². The number of hydrogen-bond acceptors (Lipinski definition) is 8. The van der Waals surface area contributed by atoms with Gasteiger partial charge in [0.25, 0.3) is 5.91 Å². The maximum Gasteiger partial charge on any atom is 0.328 e. The Bertz CT molecular complexity index is 1260. The molecule has 0 aliphatic carbocycles. The predicted octanol–water partition coefficient (Wildman–Crippen LogP) is 1.30. The van der Waals surface area contributed by atoms with Crippen molar-refractivity contribution >= 4 is 46.9 Å². The fraction of sp³-hybridized carbons (Fsp3) is 0.409. The van der Waals surface area contributed by atoms with Gasteiger partial charge in [0.15, 0.2) is 0 Å². The van der Waals surface area contributed by atoms with Gasteiger partial charge in [0.2, 0.25) is 11.8 Å². The van der Waals surface area contributed by atoms with Crippen molar-refractivity contribution in [3.05, 3.63) is 44.4 Å². The molecule has 1 aromatic carbocycles. The van der Waals surface area contributed by atoms with Crippen LogP contribution >= 0.6 is 23.1 Å². The number of imide groups is 3. The van der Waals surface area contributed by atoms with Crippen LogP contribution in [0.1, 0.15) is 35.6 Å². The molecule has 0 radical (unpaired) electrons. The summed E-state index contributed by atoms with van der Waals surface area (Å²) in [5.41, 5.74) is 5.68. The average Bonchev–Trinajstić information content (AvgIpc) is 3.26. The number of hydrogen-bond donors (Lipinski definition) is 2. The van der Waals surface area contributed by atoms with E-state index in [1.165, 1.54) is 10.6 Å². The van der Waals surface area contributed by atoms with Gasteiger partial charge in [-0.05, 0) is 25.3 Å². The number of carbonyl (C=O) groups is 4. The van der Waals surface area contributed by atoms with Gasteiger partial charge in [0.05, 0.1) is 10.9 Å². The number of aromatic hydroxyl groups is 1. The van der Waals surface area contributed by atoms with E-state index in [4.69, 9.17) is 5.73 Å². The fourth-order valence-corrected chi connectivity index (χ4v) is 7.70. The Morgan fingerprint density at radius 2 is 1.76 bits per heavy atom. The minimum Gasteiger partial charge on any atom is -0.508 e. The maximum atomic E-state index is 13.1. The number of phenols is 1. The maximum absolute atomic E-state index is 13.1. The summed E-state index contributed by atoms with van der Waals surface area (Å²) in [6.07, 6.45) is 2.89. The molecule has 0 saturated carbocycles. The number of primary amides is 1. The second-order valence-corrected chi connectivity index (χ2v) is 10.6. The van der Waals surface area contributed by atoms with Crippen molar-refractivity contribution in [3.8, 4) is 5.75 Å². The molecule has 3 atom stereocenters. The molecule has 0 spiro atoms. The Kier molecular flexibility index (Phi) is 5.72. The van der Waals surface area contributed by atoms with E-state index in [1.54, 1.807) is 23.1 Å². The van der Waals surface area contributed by atoms with Crippen molar-refractivity contribution in [1.29, 1.82) is 0 Å². The number of nitrogens with zero attached hydrogens (tertiary/aromatic N) is 3. The van der Waals surface area contributed by atoms with Gasteiger partial charge >= 0.3 is 10.9 Å². The number of fused-ring (bicyclic) bond motifs is 2. The highest BCUT2D eigenvalue weighted by Gasteiger charge is 2.58. The van der Waals surface area contributed by atoms with Gasteiger partial charge in [0.1, 0.15) is 17.5 Å². The van der Waals surface area contributed by atoms with Crippen LogP contribution in [0.25, 0.3) is 0 Å². The first-order chi connectivity index (χ1) is 16.3. The Morgan fingerprint density at radius 1 is 1.06 bits per heavy atom. The summed E-state index contributed by atoms with van der Waals surface area (Å²) in [5.74, 6) is -3.66. The lowest BCUT2D eigenvalue weighted by molar-refractivity contribution is -0.136. The second kappa shape index (κ2) is 8.58. The van der Waals surface area contributed by atoms with E-state index in [0.29, 0.717) is 33.5 Å². The molecule has 178 valence electrons. The Balaban J connectivity index is 1.61. The summed E-state index contributed by atoms with van der Waals surface area (Å²) in [4.78, 5) is 66.2. The summed E-state index contributed by atoms with van der Waals surface area (Å²) in [6.45, 7) is 1.10. The first-order valence-electron chi connectivity index (χ1n) is 10.9. The number of benzene rings is 1. The molecular formula is C22H22N4O6S2. The molecule has 3 aliphatic heterocycles. The summed E-state index contributed by atoms with van der Waals surface area (Å²) in [6, 6.07) is 5.21. The Morgan fingerprint density at radius 3 is 2.44 bits per heavy atom. The van der Waals surface area contributed by atoms with Gasteiger partial charge < -0.3 is 15.7 Å². The number of amides is 5. The Labute approximate surface area is 202 Å². The summed E-state index contributed by atoms with van der Waals surface area (Å²) < 4.78 is 1.34. The minimum absolute atomic E-state index is 0.0985. The number of nitrogens with two attached hydrogens (primary N) is 1. The lowest BCUT2D eigenvalue weighted by Gasteiger charge is -2.31. The molecule has 3 N–H and O–H groups in total. The van der Waals surface area contributed by atoms with Crippen molar-refractivity contribution in [2.24, 2.45) is 11.7 Å². The molecule has 5 amide bonds. The van der Waals surface area contributed by atoms with E-state index < -0.39 is 34.9 Å². The zero-order valence-electron chi connectivity index (χ0n) is 18.0. The first-order valence-corrected chi connectivity index (χ1v) is 12.6. The zero-order chi connectivity index (χ0) is 24.1. The molecule has 1 aromatic heterocycles. The average molecular weight is 503 g/mol. The normalized spacial score (nSPS) is 24.2. The zero-order valence-corrected chi connectivity index (χ0v) is 19.6. The third-order valence-electron chi connectivity index (χ3n) is 6.54. The third kappa shape index (κ3) is 3.52. The van der Waals surface area contributed by atoms with Crippen LogP contribution in [0.2, 0.25) is 0 Å². The highest BCUT2D eigenvalue weighted by molar-refractivity contribution is 8.00. The number of thiazole rings is 1. The molecular weight excluding hydrogens is 480 g/mol. The SMILES string of the molecule is NC(=O)N1C(=O)C2Sc3c(sc(=O)n3CC(=O)N3CCCCC3)[C@@H](c3ccccc3O)C2C1=O. The number of thioether (sulfide) groups is 1. The smallest absolute Gasteiger partial charge is 0.328 e. The van der Waals surface area contributed by atoms with Crippen molar-refractivity contribution in [2.45, 2.75) is 42.0 Å². The predicted molar refractivity (Wildman–Crippen MR) is 124 cm³/mol. The number of aromatic nitrogens is 1. The number of likely N-dealkylation sites (tertiary alicyclic amines) is 2. The van der Waals surface area contributed by atoms with E-state index >= 15 is 0 Å². The number of phenolic OH excluding ortho intramolecular Hbond substituents is 1. The van der Waals surface area contributed by atoms with Crippen LogP contribution in [0.3, 0.4) is 0 Å². The van der Waals surface area contributed by atoms with Crippen LogP contribution < -0.4 is 10.6 Å². The summed E-state index contributed by atoms with van der Waals surface area (Å²) >= 11 is 1.89. The van der Waals surface area contributed by atoms with Crippen LogP contribution in [0.4, 0.5) is 4.79 Å². The van der Waals surface area contributed by atoms with Gasteiger partial charge in [0, 0.05) is 29.4 Å². The highest BCUT2D eigenvalue weighted by atomic mass is 32.2. The van der Waals surface area contributed by atoms with Gasteiger partial charge in [-0.1, -0.05) is 41.3 Å². The van der Waals surface area contributed by atoms with Gasteiger partial charge in [-0.15, -0.1) is 0 Å². The van der Waals surface area contributed by atoms with Crippen LogP contribution in [0.5, 0.6) is 5.75 Å². The highest BCUT2D eigenvalue weighted by Crippen LogP contribution is 2.54. The number of rotatable bonds is 3. The quantitative estimate of drug-likeness (QED) is 0.602. The van der Waals surface area contributed by atoms with E-state index in [1.807, 2.05) is 0 Å². The number of urea groups is 1. The Hall–Kier alpha value is -3.12. The lowest BCUT2D eigenvalue weighted by atomic mass is 9.82. The lowest BCUT2D eigenvalue weighted by Crippen LogP contribution is -2.41. The molecule has 2 unspecified atom stereocenters. The minimum atomic E-state index is -1.16. The number of para-hydroxylation sites is 1. The molecule has 2 saturated heterocycles. The number of piperidine rings is 1. The fourth-order valence-electron chi connectivity index (χ4n) is 4.94. The van der Waals surface area contributed by atoms with E-state index in [9.17, 15) is 29.1 Å². The van der Waals surface area contributed by atoms with Crippen LogP contribution in [-0.2, 0) is 20.9 Å². The molecule has 2 fully saturated rings. The van der Waals surface area contributed by atoms with E-state index in [-0.39, 0.29) is 23.1 Å².